The summed E-state index contributed by atoms with van der Waals surface area (Å²) in [5.41, 5.74) is 0.932. The van der Waals surface area contributed by atoms with Crippen LogP contribution in [0.2, 0.25) is 5.02 Å². The fourth-order valence-electron chi connectivity index (χ4n) is 1.20. The Morgan fingerprint density at radius 3 is 2.80 bits per heavy atom. The highest BCUT2D eigenvalue weighted by molar-refractivity contribution is 6.32. The molecule has 0 amide bonds. The van der Waals surface area contributed by atoms with Gasteiger partial charge in [0.05, 0.1) is 18.2 Å². The van der Waals surface area contributed by atoms with Gasteiger partial charge in [-0.2, -0.15) is 0 Å². The molecule has 0 aliphatic heterocycles. The van der Waals surface area contributed by atoms with Gasteiger partial charge in [-0.25, -0.2) is 0 Å². The molecule has 2 N–H and O–H groups in total. The van der Waals surface area contributed by atoms with Gasteiger partial charge < -0.3 is 15.2 Å². The molecule has 84 valence electrons. The third-order valence-corrected chi connectivity index (χ3v) is 2.34. The number of benzene rings is 1. The zero-order valence-electron chi connectivity index (χ0n) is 8.96. The summed E-state index contributed by atoms with van der Waals surface area (Å²) >= 11 is 5.96. The molecule has 0 heterocycles. The van der Waals surface area contributed by atoms with Crippen molar-refractivity contribution in [3.05, 3.63) is 23.2 Å². The smallest absolute Gasteiger partial charge is 0.137 e. The molecule has 0 saturated heterocycles. The van der Waals surface area contributed by atoms with E-state index >= 15 is 0 Å². The van der Waals surface area contributed by atoms with E-state index in [-0.39, 0.29) is 6.10 Å². The molecule has 1 rings (SSSR count). The van der Waals surface area contributed by atoms with Gasteiger partial charge in [0.1, 0.15) is 5.75 Å². The molecule has 0 fully saturated rings. The van der Waals surface area contributed by atoms with Crippen LogP contribution in [0.25, 0.3) is 0 Å². The van der Waals surface area contributed by atoms with E-state index in [1.54, 1.807) is 14.0 Å². The van der Waals surface area contributed by atoms with Crippen LogP contribution in [0.4, 0.5) is 5.69 Å². The molecule has 4 heteroatoms. The zero-order chi connectivity index (χ0) is 11.3. The second kappa shape index (κ2) is 5.83. The minimum absolute atomic E-state index is 0.286. The Balaban J connectivity index is 2.52. The third kappa shape index (κ3) is 3.98. The molecule has 0 spiro atoms. The first-order valence-corrected chi connectivity index (χ1v) is 5.26. The van der Waals surface area contributed by atoms with Crippen molar-refractivity contribution in [2.24, 2.45) is 0 Å². The molecule has 3 nitrogen and oxygen atoms in total. The van der Waals surface area contributed by atoms with Crippen molar-refractivity contribution in [3.63, 3.8) is 0 Å². The first kappa shape index (κ1) is 12.1. The summed E-state index contributed by atoms with van der Waals surface area (Å²) in [7, 11) is 1.59. The van der Waals surface area contributed by atoms with E-state index in [1.807, 2.05) is 18.2 Å². The van der Waals surface area contributed by atoms with Crippen LogP contribution in [-0.4, -0.2) is 24.9 Å². The van der Waals surface area contributed by atoms with Crippen LogP contribution in [-0.2, 0) is 0 Å². The predicted octanol–water partition coefficient (Wildman–Crippen LogP) is 2.53. The second-order valence-electron chi connectivity index (χ2n) is 3.41. The van der Waals surface area contributed by atoms with Crippen molar-refractivity contribution in [2.45, 2.75) is 19.4 Å². The summed E-state index contributed by atoms with van der Waals surface area (Å²) < 4.78 is 5.04. The Labute approximate surface area is 95.0 Å². The van der Waals surface area contributed by atoms with Crippen LogP contribution in [0.1, 0.15) is 13.3 Å². The lowest BCUT2D eigenvalue weighted by Gasteiger charge is -2.09. The number of aliphatic hydroxyl groups is 1. The highest BCUT2D eigenvalue weighted by Crippen LogP contribution is 2.27. The highest BCUT2D eigenvalue weighted by atomic mass is 35.5. The van der Waals surface area contributed by atoms with Gasteiger partial charge in [-0.1, -0.05) is 11.6 Å². The molecule has 0 radical (unpaired) electrons. The SMILES string of the molecule is COc1ccc(NCCC(C)O)cc1Cl. The van der Waals surface area contributed by atoms with Crippen molar-refractivity contribution < 1.29 is 9.84 Å². The van der Waals surface area contributed by atoms with Crippen molar-refractivity contribution in [1.29, 1.82) is 0 Å². The second-order valence-corrected chi connectivity index (χ2v) is 3.82. The summed E-state index contributed by atoms with van der Waals surface area (Å²) in [5.74, 6) is 0.665. The van der Waals surface area contributed by atoms with Crippen molar-refractivity contribution in [2.75, 3.05) is 19.0 Å². The van der Waals surface area contributed by atoms with Crippen LogP contribution in [0.3, 0.4) is 0 Å². The number of halogens is 1. The predicted molar refractivity (Wildman–Crippen MR) is 62.8 cm³/mol. The van der Waals surface area contributed by atoms with E-state index in [4.69, 9.17) is 21.4 Å². The highest BCUT2D eigenvalue weighted by Gasteiger charge is 2.01. The Morgan fingerprint density at radius 1 is 1.53 bits per heavy atom. The lowest BCUT2D eigenvalue weighted by molar-refractivity contribution is 0.189. The van der Waals surface area contributed by atoms with E-state index in [0.29, 0.717) is 17.2 Å². The fourth-order valence-corrected chi connectivity index (χ4v) is 1.46. The molecule has 1 aromatic rings. The van der Waals surface area contributed by atoms with Crippen molar-refractivity contribution in [1.82, 2.24) is 0 Å². The monoisotopic (exact) mass is 229 g/mol. The molecule has 15 heavy (non-hydrogen) atoms. The normalized spacial score (nSPS) is 12.3. The van der Waals surface area contributed by atoms with E-state index in [2.05, 4.69) is 5.32 Å². The van der Waals surface area contributed by atoms with Gasteiger partial charge in [0.15, 0.2) is 0 Å². The van der Waals surface area contributed by atoms with Gasteiger partial charge in [0.2, 0.25) is 0 Å². The quantitative estimate of drug-likeness (QED) is 0.815. The van der Waals surface area contributed by atoms with Gasteiger partial charge in [-0.05, 0) is 31.5 Å². The minimum Gasteiger partial charge on any atom is -0.495 e. The molecule has 0 aliphatic carbocycles. The maximum Gasteiger partial charge on any atom is 0.137 e. The van der Waals surface area contributed by atoms with Crippen LogP contribution in [0.5, 0.6) is 5.75 Å². The number of methoxy groups -OCH3 is 1. The lowest BCUT2D eigenvalue weighted by Crippen LogP contribution is -2.09. The Bertz CT molecular complexity index is 315. The zero-order valence-corrected chi connectivity index (χ0v) is 9.71. The molecule has 0 aliphatic rings. The number of anilines is 1. The molecule has 0 aromatic heterocycles. The van der Waals surface area contributed by atoms with E-state index in [9.17, 15) is 0 Å². The molecular formula is C11H16ClNO2. The lowest BCUT2D eigenvalue weighted by atomic mass is 10.2. The maximum absolute atomic E-state index is 9.08. The van der Waals surface area contributed by atoms with Crippen molar-refractivity contribution >= 4 is 17.3 Å². The third-order valence-electron chi connectivity index (χ3n) is 2.04. The van der Waals surface area contributed by atoms with E-state index < -0.39 is 0 Å². The number of nitrogens with one attached hydrogen (secondary N) is 1. The van der Waals surface area contributed by atoms with Crippen LogP contribution >= 0.6 is 11.6 Å². The van der Waals surface area contributed by atoms with Gasteiger partial charge in [0.25, 0.3) is 0 Å². The molecular weight excluding hydrogens is 214 g/mol. The molecule has 1 aromatic carbocycles. The van der Waals surface area contributed by atoms with E-state index in [0.717, 1.165) is 12.2 Å². The van der Waals surface area contributed by atoms with E-state index in [1.165, 1.54) is 0 Å². The average molecular weight is 230 g/mol. The van der Waals surface area contributed by atoms with Crippen LogP contribution < -0.4 is 10.1 Å². The fraction of sp³-hybridized carbons (Fsp3) is 0.455. The summed E-state index contributed by atoms with van der Waals surface area (Å²) in [6.07, 6.45) is 0.426. The average Bonchev–Trinajstić information content (AvgIpc) is 2.17. The standard InChI is InChI=1S/C11H16ClNO2/c1-8(14)5-6-13-9-3-4-11(15-2)10(12)7-9/h3-4,7-8,13-14H,5-6H2,1-2H3. The van der Waals surface area contributed by atoms with Gasteiger partial charge in [0, 0.05) is 12.2 Å². The number of hydrogen-bond donors (Lipinski definition) is 2. The minimum atomic E-state index is -0.286. The summed E-state index contributed by atoms with van der Waals surface area (Å²) in [6.45, 7) is 2.49. The van der Waals surface area contributed by atoms with Gasteiger partial charge in [-0.3, -0.25) is 0 Å². The Hall–Kier alpha value is -0.930. The Morgan fingerprint density at radius 2 is 2.27 bits per heavy atom. The van der Waals surface area contributed by atoms with Gasteiger partial charge in [-0.15, -0.1) is 0 Å². The summed E-state index contributed by atoms with van der Waals surface area (Å²) in [6, 6.07) is 5.52. The largest absolute Gasteiger partial charge is 0.495 e. The number of rotatable bonds is 5. The van der Waals surface area contributed by atoms with Gasteiger partial charge >= 0.3 is 0 Å². The summed E-state index contributed by atoms with van der Waals surface area (Å²) in [4.78, 5) is 0. The van der Waals surface area contributed by atoms with Crippen LogP contribution in [0.15, 0.2) is 18.2 Å². The topological polar surface area (TPSA) is 41.5 Å². The number of hydrogen-bond acceptors (Lipinski definition) is 3. The first-order valence-electron chi connectivity index (χ1n) is 4.89. The van der Waals surface area contributed by atoms with Crippen LogP contribution in [0, 0.1) is 0 Å². The number of aliphatic hydroxyl groups excluding tert-OH is 1. The molecule has 1 atom stereocenters. The molecule has 0 saturated carbocycles. The first-order chi connectivity index (χ1) is 7.13. The maximum atomic E-state index is 9.08. The number of ether oxygens (including phenoxy) is 1. The molecule has 1 unspecified atom stereocenters. The Kier molecular flexibility index (Phi) is 4.72. The van der Waals surface area contributed by atoms with Crippen molar-refractivity contribution in [3.8, 4) is 5.75 Å². The summed E-state index contributed by atoms with van der Waals surface area (Å²) in [5, 5.41) is 12.8. The molecule has 0 bridgehead atoms.